The zero-order valence-corrected chi connectivity index (χ0v) is 13.6. The van der Waals surface area contributed by atoms with E-state index in [4.69, 9.17) is 4.74 Å². The van der Waals surface area contributed by atoms with E-state index >= 15 is 0 Å². The molecule has 0 bridgehead atoms. The Bertz CT molecular complexity index is 800. The summed E-state index contributed by atoms with van der Waals surface area (Å²) in [6.07, 6.45) is 0. The molecule has 0 atom stereocenters. The predicted octanol–water partition coefficient (Wildman–Crippen LogP) is 3.44. The highest BCUT2D eigenvalue weighted by Gasteiger charge is 2.08. The van der Waals surface area contributed by atoms with E-state index in [1.165, 1.54) is 0 Å². The Morgan fingerprint density at radius 1 is 1.00 bits per heavy atom. The number of rotatable bonds is 5. The number of ether oxygens (including phenoxy) is 1. The summed E-state index contributed by atoms with van der Waals surface area (Å²) in [7, 11) is 5.68. The van der Waals surface area contributed by atoms with Crippen LogP contribution in [0.5, 0.6) is 5.75 Å². The van der Waals surface area contributed by atoms with Crippen LogP contribution in [0.3, 0.4) is 0 Å². The lowest BCUT2D eigenvalue weighted by molar-refractivity contribution is 0.391. The van der Waals surface area contributed by atoms with E-state index in [9.17, 15) is 0 Å². The molecule has 0 radical (unpaired) electrons. The maximum Gasteiger partial charge on any atom is 0.145 e. The van der Waals surface area contributed by atoms with Gasteiger partial charge in [-0.05, 0) is 50.5 Å². The highest BCUT2D eigenvalue weighted by Crippen LogP contribution is 2.25. The Hall–Kier alpha value is -2.66. The highest BCUT2D eigenvalue weighted by atomic mass is 16.5. The number of hydrogen-bond acceptors (Lipinski definition) is 5. The Labute approximate surface area is 135 Å². The summed E-state index contributed by atoms with van der Waals surface area (Å²) in [6, 6.07) is 15.8. The van der Waals surface area contributed by atoms with Crippen LogP contribution in [0, 0.1) is 0 Å². The van der Waals surface area contributed by atoms with Gasteiger partial charge in [0.15, 0.2) is 0 Å². The van der Waals surface area contributed by atoms with Gasteiger partial charge in [-0.1, -0.05) is 12.1 Å². The summed E-state index contributed by atoms with van der Waals surface area (Å²) in [5.74, 6) is 2.44. The molecule has 0 unspecified atom stereocenters. The molecule has 0 saturated heterocycles. The van der Waals surface area contributed by atoms with Crippen molar-refractivity contribution < 1.29 is 4.74 Å². The number of para-hydroxylation sites is 1. The molecule has 0 aliphatic carbocycles. The molecule has 23 heavy (non-hydrogen) atoms. The van der Waals surface area contributed by atoms with Crippen molar-refractivity contribution in [2.24, 2.45) is 0 Å². The van der Waals surface area contributed by atoms with Crippen LogP contribution >= 0.6 is 0 Å². The fraction of sp³-hybridized carbons (Fsp3) is 0.222. The zero-order chi connectivity index (χ0) is 16.2. The van der Waals surface area contributed by atoms with Gasteiger partial charge in [0, 0.05) is 11.1 Å². The molecule has 2 aromatic carbocycles. The Morgan fingerprint density at radius 3 is 2.43 bits per heavy atom. The van der Waals surface area contributed by atoms with Crippen LogP contribution in [0.15, 0.2) is 48.5 Å². The molecule has 5 nitrogen and oxygen atoms in total. The number of methoxy groups -OCH3 is 1. The van der Waals surface area contributed by atoms with Crippen molar-refractivity contribution in [3.63, 3.8) is 0 Å². The Balaban J connectivity index is 1.99. The third kappa shape index (κ3) is 3.57. The van der Waals surface area contributed by atoms with E-state index in [0.717, 1.165) is 34.0 Å². The largest absolute Gasteiger partial charge is 0.497 e. The summed E-state index contributed by atoms with van der Waals surface area (Å²) >= 11 is 0. The van der Waals surface area contributed by atoms with Crippen LogP contribution < -0.4 is 10.1 Å². The third-order valence-electron chi connectivity index (χ3n) is 3.46. The molecule has 3 rings (SSSR count). The van der Waals surface area contributed by atoms with Gasteiger partial charge in [0.2, 0.25) is 0 Å². The molecule has 1 aromatic heterocycles. The lowest BCUT2D eigenvalue weighted by Crippen LogP contribution is -2.14. The fourth-order valence-electron chi connectivity index (χ4n) is 2.38. The van der Waals surface area contributed by atoms with Crippen LogP contribution in [-0.2, 0) is 6.54 Å². The van der Waals surface area contributed by atoms with Crippen LogP contribution in [0.25, 0.3) is 10.9 Å². The van der Waals surface area contributed by atoms with Gasteiger partial charge in [-0.2, -0.15) is 0 Å². The van der Waals surface area contributed by atoms with E-state index < -0.39 is 0 Å². The number of fused-ring (bicyclic) bond motifs is 1. The van der Waals surface area contributed by atoms with Gasteiger partial charge in [-0.3, -0.25) is 0 Å². The quantitative estimate of drug-likeness (QED) is 0.782. The SMILES string of the molecule is COc1ccc(Nc2nc(CN(C)C)nc3ccccc23)cc1. The Kier molecular flexibility index (Phi) is 4.39. The van der Waals surface area contributed by atoms with Crippen molar-refractivity contribution in [2.45, 2.75) is 6.54 Å². The molecule has 0 aliphatic heterocycles. The van der Waals surface area contributed by atoms with Gasteiger partial charge in [0.25, 0.3) is 0 Å². The van der Waals surface area contributed by atoms with Gasteiger partial charge in [0.05, 0.1) is 19.2 Å². The number of aromatic nitrogens is 2. The van der Waals surface area contributed by atoms with Crippen molar-refractivity contribution in [1.82, 2.24) is 14.9 Å². The number of nitrogens with zero attached hydrogens (tertiary/aromatic N) is 3. The fourth-order valence-corrected chi connectivity index (χ4v) is 2.38. The minimum Gasteiger partial charge on any atom is -0.497 e. The second kappa shape index (κ2) is 6.62. The average molecular weight is 308 g/mol. The lowest BCUT2D eigenvalue weighted by Gasteiger charge is -2.13. The minimum atomic E-state index is 0.697. The minimum absolute atomic E-state index is 0.697. The molecular weight excluding hydrogens is 288 g/mol. The van der Waals surface area contributed by atoms with Gasteiger partial charge < -0.3 is 15.0 Å². The Morgan fingerprint density at radius 2 is 1.74 bits per heavy atom. The first-order chi connectivity index (χ1) is 11.2. The second-order valence-electron chi connectivity index (χ2n) is 5.60. The standard InChI is InChI=1S/C18H20N4O/c1-22(2)12-17-20-16-7-5-4-6-15(16)18(21-17)19-13-8-10-14(23-3)11-9-13/h4-11H,12H2,1-3H3,(H,19,20,21). The van der Waals surface area contributed by atoms with Crippen LogP contribution in [0.1, 0.15) is 5.82 Å². The van der Waals surface area contributed by atoms with E-state index in [2.05, 4.69) is 20.2 Å². The van der Waals surface area contributed by atoms with Gasteiger partial charge in [-0.25, -0.2) is 9.97 Å². The zero-order valence-electron chi connectivity index (χ0n) is 13.6. The van der Waals surface area contributed by atoms with E-state index in [0.29, 0.717) is 6.54 Å². The molecule has 0 fully saturated rings. The van der Waals surface area contributed by atoms with Crippen molar-refractivity contribution in [2.75, 3.05) is 26.5 Å². The highest BCUT2D eigenvalue weighted by molar-refractivity contribution is 5.90. The van der Waals surface area contributed by atoms with Crippen LogP contribution in [0.2, 0.25) is 0 Å². The number of nitrogens with one attached hydrogen (secondary N) is 1. The summed E-state index contributed by atoms with van der Waals surface area (Å²) < 4.78 is 5.19. The molecule has 0 saturated carbocycles. The van der Waals surface area contributed by atoms with Gasteiger partial charge in [-0.15, -0.1) is 0 Å². The first kappa shape index (κ1) is 15.2. The maximum atomic E-state index is 5.19. The van der Waals surface area contributed by atoms with Gasteiger partial charge >= 0.3 is 0 Å². The third-order valence-corrected chi connectivity index (χ3v) is 3.46. The topological polar surface area (TPSA) is 50.3 Å². The smallest absolute Gasteiger partial charge is 0.145 e. The molecule has 0 aliphatic rings. The molecule has 1 N–H and O–H groups in total. The van der Waals surface area contributed by atoms with Crippen LogP contribution in [-0.4, -0.2) is 36.1 Å². The summed E-state index contributed by atoms with van der Waals surface area (Å²) in [5, 5.41) is 4.39. The molecular formula is C18H20N4O. The normalized spacial score (nSPS) is 11.0. The summed E-state index contributed by atoms with van der Waals surface area (Å²) in [5.41, 5.74) is 1.90. The second-order valence-corrected chi connectivity index (χ2v) is 5.60. The maximum absolute atomic E-state index is 5.19. The lowest BCUT2D eigenvalue weighted by atomic mass is 10.2. The monoisotopic (exact) mass is 308 g/mol. The number of benzene rings is 2. The average Bonchev–Trinajstić information content (AvgIpc) is 2.55. The number of anilines is 2. The predicted molar refractivity (Wildman–Crippen MR) is 93.2 cm³/mol. The van der Waals surface area contributed by atoms with Crippen molar-refractivity contribution in [3.8, 4) is 5.75 Å². The molecule has 5 heteroatoms. The molecule has 0 amide bonds. The molecule has 118 valence electrons. The first-order valence-electron chi connectivity index (χ1n) is 7.47. The first-order valence-corrected chi connectivity index (χ1v) is 7.47. The van der Waals surface area contributed by atoms with Crippen molar-refractivity contribution in [1.29, 1.82) is 0 Å². The van der Waals surface area contributed by atoms with E-state index in [-0.39, 0.29) is 0 Å². The van der Waals surface area contributed by atoms with Crippen molar-refractivity contribution in [3.05, 3.63) is 54.4 Å². The molecule has 3 aromatic rings. The molecule has 0 spiro atoms. The summed E-state index contributed by atoms with van der Waals surface area (Å²) in [6.45, 7) is 0.697. The van der Waals surface area contributed by atoms with Gasteiger partial charge in [0.1, 0.15) is 17.4 Å². The molecule has 1 heterocycles. The van der Waals surface area contributed by atoms with Crippen molar-refractivity contribution >= 4 is 22.4 Å². The van der Waals surface area contributed by atoms with E-state index in [1.807, 2.05) is 62.6 Å². The number of hydrogen-bond donors (Lipinski definition) is 1. The summed E-state index contributed by atoms with van der Waals surface area (Å²) in [4.78, 5) is 11.4. The van der Waals surface area contributed by atoms with E-state index in [1.54, 1.807) is 7.11 Å². The van der Waals surface area contributed by atoms with Crippen LogP contribution in [0.4, 0.5) is 11.5 Å².